The van der Waals surface area contributed by atoms with Crippen LogP contribution in [0.5, 0.6) is 0 Å². The van der Waals surface area contributed by atoms with Crippen molar-refractivity contribution in [1.82, 2.24) is 0 Å². The molecule has 0 aromatic carbocycles. The number of aldehydes is 1. The Balaban J connectivity index is 2.25. The Morgan fingerprint density at radius 1 is 1.46 bits per heavy atom. The van der Waals surface area contributed by atoms with Crippen molar-refractivity contribution in [3.63, 3.8) is 0 Å². The van der Waals surface area contributed by atoms with Gasteiger partial charge in [0.05, 0.1) is 6.10 Å². The van der Waals surface area contributed by atoms with Crippen LogP contribution >= 0.6 is 0 Å². The largest absolute Gasteiger partial charge is 0.481 e. The molecule has 0 unspecified atom stereocenters. The zero-order valence-electron chi connectivity index (χ0n) is 15.4. The minimum atomic E-state index is -0.742. The molecule has 0 saturated heterocycles. The van der Waals surface area contributed by atoms with E-state index >= 15 is 0 Å². The number of hydrogen-bond donors (Lipinski definition) is 2. The fourth-order valence-corrected chi connectivity index (χ4v) is 5.23. The van der Waals surface area contributed by atoms with Crippen molar-refractivity contribution in [2.24, 2.45) is 28.6 Å². The number of hydrogen-bond acceptors (Lipinski definition) is 3. The molecule has 6 atom stereocenters. The second-order valence-electron chi connectivity index (χ2n) is 8.70. The molecule has 2 N–H and O–H groups in total. The summed E-state index contributed by atoms with van der Waals surface area (Å²) in [5.41, 5.74) is 0.601. The zero-order valence-corrected chi connectivity index (χ0v) is 15.4. The van der Waals surface area contributed by atoms with Gasteiger partial charge in [0, 0.05) is 6.42 Å². The first kappa shape index (κ1) is 19.2. The van der Waals surface area contributed by atoms with Crippen LogP contribution in [0.25, 0.3) is 0 Å². The molecule has 1 saturated carbocycles. The van der Waals surface area contributed by atoms with E-state index < -0.39 is 12.1 Å². The van der Waals surface area contributed by atoms with E-state index in [4.69, 9.17) is 5.11 Å². The van der Waals surface area contributed by atoms with Gasteiger partial charge in [-0.15, -0.1) is 0 Å². The molecule has 0 aliphatic heterocycles. The minimum absolute atomic E-state index is 0.0171. The highest BCUT2D eigenvalue weighted by Crippen LogP contribution is 2.61. The van der Waals surface area contributed by atoms with Crippen LogP contribution in [0.15, 0.2) is 11.6 Å². The first-order valence-electron chi connectivity index (χ1n) is 9.20. The van der Waals surface area contributed by atoms with Crippen molar-refractivity contribution in [2.45, 2.75) is 72.3 Å². The van der Waals surface area contributed by atoms with Crippen LogP contribution in [0.1, 0.15) is 66.2 Å². The summed E-state index contributed by atoms with van der Waals surface area (Å²) in [5.74, 6) is 0.166. The first-order valence-corrected chi connectivity index (χ1v) is 9.20. The maximum atomic E-state index is 11.6. The Hall–Kier alpha value is -1.16. The fraction of sp³-hybridized carbons (Fsp3) is 0.800. The molecule has 1 fully saturated rings. The van der Waals surface area contributed by atoms with E-state index in [0.29, 0.717) is 12.3 Å². The van der Waals surface area contributed by atoms with Crippen molar-refractivity contribution in [2.75, 3.05) is 0 Å². The lowest BCUT2D eigenvalue weighted by atomic mass is 9.46. The molecule has 2 aliphatic rings. The van der Waals surface area contributed by atoms with Gasteiger partial charge in [0.25, 0.3) is 0 Å². The highest BCUT2D eigenvalue weighted by Gasteiger charge is 2.55. The van der Waals surface area contributed by atoms with Crippen LogP contribution in [0.3, 0.4) is 0 Å². The molecule has 4 heteroatoms. The monoisotopic (exact) mass is 336 g/mol. The lowest BCUT2D eigenvalue weighted by Gasteiger charge is -2.58. The van der Waals surface area contributed by atoms with Crippen molar-refractivity contribution >= 4 is 12.3 Å². The van der Waals surface area contributed by atoms with E-state index in [1.165, 1.54) is 0 Å². The van der Waals surface area contributed by atoms with Gasteiger partial charge in [0.15, 0.2) is 0 Å². The van der Waals surface area contributed by atoms with Gasteiger partial charge < -0.3 is 10.2 Å². The molecule has 0 spiro atoms. The summed E-state index contributed by atoms with van der Waals surface area (Å²) in [5, 5.41) is 19.3. The smallest absolute Gasteiger partial charge is 0.303 e. The zero-order chi connectivity index (χ0) is 18.1. The summed E-state index contributed by atoms with van der Waals surface area (Å²) in [6, 6.07) is 0. The van der Waals surface area contributed by atoms with Gasteiger partial charge >= 0.3 is 5.97 Å². The number of allylic oxidation sites excluding steroid dienone is 1. The number of aliphatic carboxylic acids is 1. The van der Waals surface area contributed by atoms with E-state index in [9.17, 15) is 14.7 Å². The van der Waals surface area contributed by atoms with Crippen molar-refractivity contribution in [3.05, 3.63) is 11.6 Å². The van der Waals surface area contributed by atoms with Crippen molar-refractivity contribution in [3.8, 4) is 0 Å². The summed E-state index contributed by atoms with van der Waals surface area (Å²) in [6.45, 7) is 8.73. The number of fused-ring (bicyclic) bond motifs is 1. The quantitative estimate of drug-likeness (QED) is 0.723. The van der Waals surface area contributed by atoms with E-state index in [1.54, 1.807) is 6.08 Å². The van der Waals surface area contributed by atoms with Gasteiger partial charge in [-0.1, -0.05) is 27.7 Å². The number of carboxylic acids is 1. The second-order valence-corrected chi connectivity index (χ2v) is 8.70. The second kappa shape index (κ2) is 6.99. The molecule has 0 amide bonds. The van der Waals surface area contributed by atoms with Crippen LogP contribution in [-0.4, -0.2) is 28.6 Å². The SMILES string of the molecule is C[C@H](CC[C@@]1(C)[C@H](C)CC[C@]2(C)C(C=O)=C[C@@H](O)C[C@H]12)CC(=O)O. The van der Waals surface area contributed by atoms with Crippen molar-refractivity contribution < 1.29 is 19.8 Å². The molecule has 24 heavy (non-hydrogen) atoms. The summed E-state index contributed by atoms with van der Waals surface area (Å²) in [6.07, 6.45) is 6.89. The maximum absolute atomic E-state index is 11.6. The van der Waals surface area contributed by atoms with E-state index in [-0.39, 0.29) is 29.1 Å². The van der Waals surface area contributed by atoms with Gasteiger partial charge in [-0.2, -0.15) is 0 Å². The predicted molar refractivity (Wildman–Crippen MR) is 93.5 cm³/mol. The summed E-state index contributed by atoms with van der Waals surface area (Å²) in [4.78, 5) is 22.5. The average molecular weight is 336 g/mol. The normalized spacial score (nSPS) is 40.4. The summed E-state index contributed by atoms with van der Waals surface area (Å²) >= 11 is 0. The Bertz CT molecular complexity index is 526. The Labute approximate surface area is 145 Å². The van der Waals surface area contributed by atoms with E-state index in [1.807, 2.05) is 6.92 Å². The third kappa shape index (κ3) is 3.44. The standard InChI is InChI=1S/C20H32O4/c1-13(9-18(23)24)5-7-19(3)14(2)6-8-20(4)15(12-21)10-16(22)11-17(19)20/h10,12-14,16-17,22H,5-9,11H2,1-4H3,(H,23,24)/t13-,14-,16-,17-,19+,20-/m1/s1. The van der Waals surface area contributed by atoms with Gasteiger partial charge in [0.2, 0.25) is 0 Å². The lowest BCUT2D eigenvalue weighted by molar-refractivity contribution is -0.138. The number of carboxylic acid groups (broad SMARTS) is 1. The molecular formula is C20H32O4. The van der Waals surface area contributed by atoms with E-state index in [2.05, 4.69) is 20.8 Å². The van der Waals surface area contributed by atoms with Crippen LogP contribution in [0, 0.1) is 28.6 Å². The molecule has 2 aliphatic carbocycles. The number of aliphatic hydroxyl groups is 1. The number of carbonyl (C=O) groups excluding carboxylic acids is 1. The Kier molecular flexibility index (Phi) is 5.58. The molecule has 0 aromatic heterocycles. The van der Waals surface area contributed by atoms with Gasteiger partial charge in [0.1, 0.15) is 6.29 Å². The topological polar surface area (TPSA) is 74.6 Å². The van der Waals surface area contributed by atoms with Crippen LogP contribution in [0.2, 0.25) is 0 Å². The summed E-state index contributed by atoms with van der Waals surface area (Å²) < 4.78 is 0. The van der Waals surface area contributed by atoms with Gasteiger partial charge in [-0.05, 0) is 72.3 Å². The van der Waals surface area contributed by atoms with Crippen LogP contribution < -0.4 is 0 Å². The highest BCUT2D eigenvalue weighted by atomic mass is 16.4. The predicted octanol–water partition coefficient (Wildman–Crippen LogP) is 3.83. The number of aliphatic hydroxyl groups excluding tert-OH is 1. The lowest BCUT2D eigenvalue weighted by Crippen LogP contribution is -2.52. The molecule has 0 bridgehead atoms. The Morgan fingerprint density at radius 3 is 2.71 bits per heavy atom. The molecular weight excluding hydrogens is 304 g/mol. The maximum Gasteiger partial charge on any atom is 0.303 e. The third-order valence-corrected chi connectivity index (χ3v) is 7.12. The minimum Gasteiger partial charge on any atom is -0.481 e. The van der Waals surface area contributed by atoms with Crippen molar-refractivity contribution in [1.29, 1.82) is 0 Å². The number of rotatable bonds is 6. The van der Waals surface area contributed by atoms with Crippen LogP contribution in [-0.2, 0) is 9.59 Å². The first-order chi connectivity index (χ1) is 11.1. The number of carbonyl (C=O) groups is 2. The van der Waals surface area contributed by atoms with Gasteiger partial charge in [-0.25, -0.2) is 0 Å². The van der Waals surface area contributed by atoms with E-state index in [0.717, 1.165) is 37.5 Å². The third-order valence-electron chi connectivity index (χ3n) is 7.12. The molecule has 0 radical (unpaired) electrons. The van der Waals surface area contributed by atoms with Gasteiger partial charge in [-0.3, -0.25) is 9.59 Å². The average Bonchev–Trinajstić information content (AvgIpc) is 2.50. The molecule has 136 valence electrons. The van der Waals surface area contributed by atoms with Crippen LogP contribution in [0.4, 0.5) is 0 Å². The highest BCUT2D eigenvalue weighted by molar-refractivity contribution is 5.76. The fourth-order valence-electron chi connectivity index (χ4n) is 5.23. The Morgan fingerprint density at radius 2 is 2.12 bits per heavy atom. The molecule has 0 aromatic rings. The molecule has 4 nitrogen and oxygen atoms in total. The summed E-state index contributed by atoms with van der Waals surface area (Å²) in [7, 11) is 0. The molecule has 2 rings (SSSR count). The molecule has 0 heterocycles.